The minimum atomic E-state index is -3.73. The molecule has 0 heterocycles. The zero-order valence-electron chi connectivity index (χ0n) is 17.6. The van der Waals surface area contributed by atoms with Crippen molar-refractivity contribution in [2.45, 2.75) is 38.6 Å². The van der Waals surface area contributed by atoms with Crippen LogP contribution in [-0.2, 0) is 10.0 Å². The van der Waals surface area contributed by atoms with E-state index >= 15 is 0 Å². The van der Waals surface area contributed by atoms with E-state index in [1.165, 1.54) is 17.2 Å². The minimum absolute atomic E-state index is 0.173. The zero-order valence-corrected chi connectivity index (χ0v) is 18.4. The third-order valence-corrected chi connectivity index (χ3v) is 6.48. The molecule has 2 N–H and O–H groups in total. The minimum Gasteiger partial charge on any atom is -0.346 e. The maximum absolute atomic E-state index is 12.7. The Balaban J connectivity index is 1.75. The number of carbonyl (C=O) groups excluding carboxylic acids is 1. The average Bonchev–Trinajstić information content (AvgIpc) is 2.70. The van der Waals surface area contributed by atoms with Crippen LogP contribution in [0, 0.1) is 20.8 Å². The van der Waals surface area contributed by atoms with Crippen molar-refractivity contribution < 1.29 is 13.2 Å². The predicted octanol–water partition coefficient (Wildman–Crippen LogP) is 4.90. The van der Waals surface area contributed by atoms with Crippen molar-refractivity contribution in [3.8, 4) is 0 Å². The highest BCUT2D eigenvalue weighted by Gasteiger charge is 2.16. The molecule has 5 nitrogen and oxygen atoms in total. The first-order valence-electron chi connectivity index (χ1n) is 9.73. The van der Waals surface area contributed by atoms with Gasteiger partial charge in [0.2, 0.25) is 0 Å². The van der Waals surface area contributed by atoms with Crippen LogP contribution in [0.1, 0.15) is 45.6 Å². The summed E-state index contributed by atoms with van der Waals surface area (Å²) in [6.45, 7) is 7.90. The molecular formula is C24H26N2O3S. The van der Waals surface area contributed by atoms with Gasteiger partial charge in [-0.25, -0.2) is 8.42 Å². The van der Waals surface area contributed by atoms with Gasteiger partial charge in [0.25, 0.3) is 15.9 Å². The second-order valence-corrected chi connectivity index (χ2v) is 9.22. The average molecular weight is 423 g/mol. The number of sulfonamides is 1. The van der Waals surface area contributed by atoms with E-state index in [1.54, 1.807) is 42.5 Å². The molecule has 3 aromatic rings. The summed E-state index contributed by atoms with van der Waals surface area (Å²) in [5, 5.41) is 2.97. The fourth-order valence-electron chi connectivity index (χ4n) is 3.05. The lowest BCUT2D eigenvalue weighted by Crippen LogP contribution is -2.26. The highest BCUT2D eigenvalue weighted by molar-refractivity contribution is 7.92. The molecule has 1 atom stereocenters. The van der Waals surface area contributed by atoms with E-state index in [0.717, 1.165) is 11.1 Å². The van der Waals surface area contributed by atoms with Crippen molar-refractivity contribution in [2.75, 3.05) is 4.72 Å². The van der Waals surface area contributed by atoms with E-state index in [2.05, 4.69) is 16.1 Å². The van der Waals surface area contributed by atoms with Gasteiger partial charge in [0.05, 0.1) is 10.9 Å². The van der Waals surface area contributed by atoms with Crippen molar-refractivity contribution in [3.05, 3.63) is 94.5 Å². The molecule has 0 aliphatic carbocycles. The van der Waals surface area contributed by atoms with Crippen LogP contribution in [-0.4, -0.2) is 14.3 Å². The Morgan fingerprint density at radius 2 is 1.57 bits per heavy atom. The van der Waals surface area contributed by atoms with Crippen LogP contribution in [0.5, 0.6) is 0 Å². The van der Waals surface area contributed by atoms with Gasteiger partial charge in [-0.05, 0) is 74.7 Å². The number of hydrogen-bond donors (Lipinski definition) is 2. The fraction of sp³-hybridized carbons (Fsp3) is 0.208. The van der Waals surface area contributed by atoms with Crippen LogP contribution in [0.2, 0.25) is 0 Å². The van der Waals surface area contributed by atoms with Crippen LogP contribution in [0.3, 0.4) is 0 Å². The van der Waals surface area contributed by atoms with Crippen molar-refractivity contribution in [3.63, 3.8) is 0 Å². The molecule has 0 spiro atoms. The molecule has 0 saturated heterocycles. The Labute approximate surface area is 178 Å². The van der Waals surface area contributed by atoms with Gasteiger partial charge in [-0.2, -0.15) is 0 Å². The van der Waals surface area contributed by atoms with E-state index in [4.69, 9.17) is 0 Å². The molecule has 3 aromatic carbocycles. The van der Waals surface area contributed by atoms with Crippen molar-refractivity contribution in [1.29, 1.82) is 0 Å². The molecule has 6 heteroatoms. The number of nitrogens with one attached hydrogen (secondary N) is 2. The summed E-state index contributed by atoms with van der Waals surface area (Å²) in [6.07, 6.45) is 0. The van der Waals surface area contributed by atoms with Crippen molar-refractivity contribution >= 4 is 21.6 Å². The molecular weight excluding hydrogens is 396 g/mol. The second-order valence-electron chi connectivity index (χ2n) is 7.54. The summed E-state index contributed by atoms with van der Waals surface area (Å²) in [7, 11) is -3.73. The van der Waals surface area contributed by atoms with E-state index < -0.39 is 10.0 Å². The van der Waals surface area contributed by atoms with Gasteiger partial charge >= 0.3 is 0 Å². The monoisotopic (exact) mass is 422 g/mol. The molecule has 0 saturated carbocycles. The molecule has 0 bridgehead atoms. The number of aryl methyl sites for hydroxylation is 3. The molecule has 3 rings (SSSR count). The maximum Gasteiger partial charge on any atom is 0.261 e. The first-order chi connectivity index (χ1) is 14.2. The largest absolute Gasteiger partial charge is 0.346 e. The molecule has 0 aliphatic rings. The summed E-state index contributed by atoms with van der Waals surface area (Å²) in [5.41, 5.74) is 5.08. The molecule has 30 heavy (non-hydrogen) atoms. The topological polar surface area (TPSA) is 75.3 Å². The summed E-state index contributed by atoms with van der Waals surface area (Å²) in [4.78, 5) is 12.9. The van der Waals surface area contributed by atoms with E-state index in [0.29, 0.717) is 11.3 Å². The van der Waals surface area contributed by atoms with Crippen molar-refractivity contribution in [1.82, 2.24) is 5.32 Å². The molecule has 0 aliphatic heterocycles. The van der Waals surface area contributed by atoms with Crippen LogP contribution in [0.4, 0.5) is 5.69 Å². The van der Waals surface area contributed by atoms with E-state index in [9.17, 15) is 13.2 Å². The fourth-order valence-corrected chi connectivity index (χ4v) is 4.10. The van der Waals surface area contributed by atoms with Gasteiger partial charge in [0.15, 0.2) is 0 Å². The normalized spacial score (nSPS) is 12.3. The molecule has 0 radical (unpaired) electrons. The van der Waals surface area contributed by atoms with Gasteiger partial charge in [-0.3, -0.25) is 9.52 Å². The highest BCUT2D eigenvalue weighted by atomic mass is 32.2. The van der Waals surface area contributed by atoms with E-state index in [-0.39, 0.29) is 16.8 Å². The third kappa shape index (κ3) is 5.07. The lowest BCUT2D eigenvalue weighted by molar-refractivity contribution is 0.0940. The summed E-state index contributed by atoms with van der Waals surface area (Å²) < 4.78 is 27.7. The Bertz CT molecular complexity index is 1170. The summed E-state index contributed by atoms with van der Waals surface area (Å²) in [6, 6.07) is 19.0. The summed E-state index contributed by atoms with van der Waals surface area (Å²) >= 11 is 0. The Morgan fingerprint density at radius 1 is 0.867 bits per heavy atom. The van der Waals surface area contributed by atoms with Gasteiger partial charge in [0.1, 0.15) is 0 Å². The first kappa shape index (κ1) is 21.6. The van der Waals surface area contributed by atoms with Gasteiger partial charge in [-0.1, -0.05) is 42.0 Å². The number of benzene rings is 3. The Morgan fingerprint density at radius 3 is 2.23 bits per heavy atom. The number of carbonyl (C=O) groups is 1. The predicted molar refractivity (Wildman–Crippen MR) is 120 cm³/mol. The van der Waals surface area contributed by atoms with Crippen LogP contribution in [0.25, 0.3) is 0 Å². The first-order valence-corrected chi connectivity index (χ1v) is 11.2. The smallest absolute Gasteiger partial charge is 0.261 e. The second kappa shape index (κ2) is 8.71. The highest BCUT2D eigenvalue weighted by Crippen LogP contribution is 2.20. The number of hydrogen-bond acceptors (Lipinski definition) is 3. The molecule has 156 valence electrons. The Kier molecular flexibility index (Phi) is 6.27. The zero-order chi connectivity index (χ0) is 21.9. The van der Waals surface area contributed by atoms with Crippen LogP contribution < -0.4 is 10.0 Å². The van der Waals surface area contributed by atoms with Crippen molar-refractivity contribution in [2.24, 2.45) is 0 Å². The maximum atomic E-state index is 12.7. The quantitative estimate of drug-likeness (QED) is 0.593. The van der Waals surface area contributed by atoms with Gasteiger partial charge in [-0.15, -0.1) is 0 Å². The Hall–Kier alpha value is -3.12. The third-order valence-electron chi connectivity index (χ3n) is 5.09. The lowest BCUT2D eigenvalue weighted by atomic mass is 10.0. The standard InChI is InChI=1S/C24H26N2O3S/c1-16-8-12-23(13-9-16)30(28,29)26-22-7-5-6-21(15-22)24(27)25-19(4)20-11-10-17(2)18(3)14-20/h5-15,19,26H,1-4H3,(H,25,27)/t19-/m1/s1. The number of amides is 1. The number of rotatable bonds is 6. The molecule has 0 unspecified atom stereocenters. The molecule has 0 aromatic heterocycles. The molecule has 1 amide bonds. The lowest BCUT2D eigenvalue weighted by Gasteiger charge is -2.16. The molecule has 0 fully saturated rings. The van der Waals surface area contributed by atoms with Crippen LogP contribution in [0.15, 0.2) is 71.6 Å². The van der Waals surface area contributed by atoms with E-state index in [1.807, 2.05) is 39.8 Å². The van der Waals surface area contributed by atoms with Crippen LogP contribution >= 0.6 is 0 Å². The SMILES string of the molecule is Cc1ccc(S(=O)(=O)Nc2cccc(C(=O)N[C@H](C)c3ccc(C)c(C)c3)c2)cc1. The number of anilines is 1. The summed E-state index contributed by atoms with van der Waals surface area (Å²) in [5.74, 6) is -0.267. The van der Waals surface area contributed by atoms with Gasteiger partial charge in [0, 0.05) is 11.3 Å². The van der Waals surface area contributed by atoms with Gasteiger partial charge < -0.3 is 5.32 Å².